The minimum atomic E-state index is -1.09. The number of aromatic carboxylic acids is 1. The fraction of sp³-hybridized carbons (Fsp3) is 0.250. The Morgan fingerprint density at radius 2 is 2.24 bits per heavy atom. The number of nitrogens with two attached hydrogens (primary N) is 1. The largest absolute Gasteiger partial charge is 0.475 e. The molecule has 5 nitrogen and oxygen atoms in total. The Bertz CT molecular complexity index is 608. The lowest BCUT2D eigenvalue weighted by atomic mass is 9.93. The number of furan rings is 2. The van der Waals surface area contributed by atoms with Crippen LogP contribution in [-0.2, 0) is 6.42 Å². The summed E-state index contributed by atoms with van der Waals surface area (Å²) in [6, 6.07) is 3.06. The molecule has 0 aliphatic heterocycles. The summed E-state index contributed by atoms with van der Waals surface area (Å²) in [5, 5.41) is 8.92. The van der Waals surface area contributed by atoms with Gasteiger partial charge in [-0.25, -0.2) is 4.79 Å². The van der Waals surface area contributed by atoms with Gasteiger partial charge in [0.15, 0.2) is 0 Å². The van der Waals surface area contributed by atoms with Crippen LogP contribution in [0.4, 0.5) is 0 Å². The van der Waals surface area contributed by atoms with E-state index in [1.165, 1.54) is 6.07 Å². The number of carbonyl (C=O) groups is 1. The van der Waals surface area contributed by atoms with Crippen molar-refractivity contribution in [2.75, 3.05) is 0 Å². The summed E-state index contributed by atoms with van der Waals surface area (Å²) in [6.45, 7) is 1.84. The van der Waals surface area contributed by atoms with Gasteiger partial charge >= 0.3 is 5.97 Å². The molecule has 0 saturated heterocycles. The second kappa shape index (κ2) is 3.24. The van der Waals surface area contributed by atoms with E-state index in [9.17, 15) is 4.79 Å². The van der Waals surface area contributed by atoms with Gasteiger partial charge in [-0.1, -0.05) is 0 Å². The number of hydrogen-bond donors (Lipinski definition) is 2. The van der Waals surface area contributed by atoms with Crippen molar-refractivity contribution >= 4 is 5.97 Å². The van der Waals surface area contributed by atoms with Crippen LogP contribution in [0.1, 0.15) is 33.7 Å². The van der Waals surface area contributed by atoms with E-state index in [2.05, 4.69) is 0 Å². The molecular formula is C12H11NO4. The summed E-state index contributed by atoms with van der Waals surface area (Å²) in [4.78, 5) is 10.9. The second-order valence-electron chi connectivity index (χ2n) is 4.20. The van der Waals surface area contributed by atoms with Crippen LogP contribution in [0.2, 0.25) is 0 Å². The van der Waals surface area contributed by atoms with E-state index in [1.54, 1.807) is 0 Å². The third kappa shape index (κ3) is 1.39. The third-order valence-electron chi connectivity index (χ3n) is 2.95. The molecule has 2 heterocycles. The quantitative estimate of drug-likeness (QED) is 0.787. The Hall–Kier alpha value is -2.01. The first kappa shape index (κ1) is 10.2. The highest BCUT2D eigenvalue weighted by Crippen LogP contribution is 2.41. The van der Waals surface area contributed by atoms with E-state index in [0.717, 1.165) is 22.6 Å². The van der Waals surface area contributed by atoms with Crippen LogP contribution >= 0.6 is 0 Å². The fourth-order valence-corrected chi connectivity index (χ4v) is 2.21. The van der Waals surface area contributed by atoms with Crippen molar-refractivity contribution in [2.24, 2.45) is 5.73 Å². The summed E-state index contributed by atoms with van der Waals surface area (Å²) in [6.07, 6.45) is 0.564. The Morgan fingerprint density at radius 3 is 2.94 bits per heavy atom. The Balaban J connectivity index is 2.23. The van der Waals surface area contributed by atoms with Crippen molar-refractivity contribution in [3.05, 3.63) is 35.0 Å². The molecule has 0 radical (unpaired) electrons. The molecule has 0 bridgehead atoms. The van der Waals surface area contributed by atoms with Crippen molar-refractivity contribution < 1.29 is 18.7 Å². The lowest BCUT2D eigenvalue weighted by Gasteiger charge is -2.15. The fourth-order valence-electron chi connectivity index (χ4n) is 2.21. The van der Waals surface area contributed by atoms with Crippen LogP contribution in [0.15, 0.2) is 21.0 Å². The molecule has 88 valence electrons. The number of carboxylic acids is 1. The van der Waals surface area contributed by atoms with Crippen LogP contribution in [-0.4, -0.2) is 11.1 Å². The number of aryl methyl sites for hydroxylation is 1. The van der Waals surface area contributed by atoms with E-state index in [1.807, 2.05) is 13.0 Å². The Morgan fingerprint density at radius 1 is 1.47 bits per heavy atom. The first-order chi connectivity index (χ1) is 8.06. The molecule has 0 amide bonds. The maximum Gasteiger partial charge on any atom is 0.371 e. The first-order valence-corrected chi connectivity index (χ1v) is 5.28. The lowest BCUT2D eigenvalue weighted by molar-refractivity contribution is 0.0663. The molecule has 1 aliphatic carbocycles. The molecule has 17 heavy (non-hydrogen) atoms. The summed E-state index contributed by atoms with van der Waals surface area (Å²) >= 11 is 0. The number of hydrogen-bond acceptors (Lipinski definition) is 4. The van der Waals surface area contributed by atoms with Crippen LogP contribution in [0.3, 0.4) is 0 Å². The molecule has 2 aromatic rings. The predicted octanol–water partition coefficient (Wildman–Crippen LogP) is 2.10. The predicted molar refractivity (Wildman–Crippen MR) is 58.7 cm³/mol. The SMILES string of the molecule is Cc1cc2c(o1)CC(N)c1cc(C(=O)O)oc1-2. The number of carboxylic acid groups (broad SMARTS) is 1. The van der Waals surface area contributed by atoms with Crippen LogP contribution in [0.5, 0.6) is 0 Å². The zero-order chi connectivity index (χ0) is 12.2. The molecule has 0 saturated carbocycles. The van der Waals surface area contributed by atoms with Gasteiger partial charge in [0.25, 0.3) is 0 Å². The highest BCUT2D eigenvalue weighted by atomic mass is 16.4. The molecular weight excluding hydrogens is 222 g/mol. The molecule has 1 atom stereocenters. The number of fused-ring (bicyclic) bond motifs is 3. The zero-order valence-electron chi connectivity index (χ0n) is 9.19. The smallest absolute Gasteiger partial charge is 0.371 e. The second-order valence-corrected chi connectivity index (χ2v) is 4.20. The summed E-state index contributed by atoms with van der Waals surface area (Å²) in [5.41, 5.74) is 7.51. The van der Waals surface area contributed by atoms with Crippen LogP contribution in [0.25, 0.3) is 11.3 Å². The summed E-state index contributed by atoms with van der Waals surface area (Å²) < 4.78 is 10.9. The van der Waals surface area contributed by atoms with Gasteiger partial charge in [0, 0.05) is 18.0 Å². The van der Waals surface area contributed by atoms with Crippen molar-refractivity contribution in [1.29, 1.82) is 0 Å². The summed E-state index contributed by atoms with van der Waals surface area (Å²) in [7, 11) is 0. The van der Waals surface area contributed by atoms with Crippen molar-refractivity contribution in [1.82, 2.24) is 0 Å². The van der Waals surface area contributed by atoms with E-state index in [-0.39, 0.29) is 11.8 Å². The van der Waals surface area contributed by atoms with Crippen molar-refractivity contribution in [3.8, 4) is 11.3 Å². The molecule has 3 rings (SSSR count). The van der Waals surface area contributed by atoms with Gasteiger partial charge < -0.3 is 19.7 Å². The van der Waals surface area contributed by atoms with Gasteiger partial charge in [0.1, 0.15) is 17.3 Å². The molecule has 1 aliphatic rings. The normalized spacial score (nSPS) is 17.6. The molecule has 1 unspecified atom stereocenters. The standard InChI is InChI=1S/C12H11NO4/c1-5-2-7-9(16-5)4-8(13)6-3-10(12(14)15)17-11(6)7/h2-3,8H,4,13H2,1H3,(H,14,15). The van der Waals surface area contributed by atoms with Crippen LogP contribution in [0, 0.1) is 6.92 Å². The van der Waals surface area contributed by atoms with Gasteiger partial charge in [-0.2, -0.15) is 0 Å². The van der Waals surface area contributed by atoms with Crippen LogP contribution < -0.4 is 5.73 Å². The highest BCUT2D eigenvalue weighted by molar-refractivity contribution is 5.86. The summed E-state index contributed by atoms with van der Waals surface area (Å²) in [5.74, 6) is 0.871. The maximum absolute atomic E-state index is 10.9. The Kier molecular flexibility index (Phi) is 1.94. The van der Waals surface area contributed by atoms with Gasteiger partial charge in [-0.15, -0.1) is 0 Å². The highest BCUT2D eigenvalue weighted by Gasteiger charge is 2.30. The van der Waals surface area contributed by atoms with E-state index in [0.29, 0.717) is 12.2 Å². The monoisotopic (exact) mass is 233 g/mol. The topological polar surface area (TPSA) is 89.6 Å². The maximum atomic E-state index is 10.9. The van der Waals surface area contributed by atoms with Crippen molar-refractivity contribution in [2.45, 2.75) is 19.4 Å². The molecule has 0 aromatic carbocycles. The molecule has 0 spiro atoms. The first-order valence-electron chi connectivity index (χ1n) is 5.28. The molecule has 2 aromatic heterocycles. The van der Waals surface area contributed by atoms with Gasteiger partial charge in [-0.05, 0) is 19.1 Å². The minimum absolute atomic E-state index is 0.0860. The van der Waals surface area contributed by atoms with E-state index in [4.69, 9.17) is 19.7 Å². The lowest BCUT2D eigenvalue weighted by Crippen LogP contribution is -2.16. The number of rotatable bonds is 1. The van der Waals surface area contributed by atoms with Gasteiger partial charge in [0.2, 0.25) is 5.76 Å². The van der Waals surface area contributed by atoms with Gasteiger partial charge in [-0.3, -0.25) is 0 Å². The minimum Gasteiger partial charge on any atom is -0.475 e. The third-order valence-corrected chi connectivity index (χ3v) is 2.95. The van der Waals surface area contributed by atoms with Gasteiger partial charge in [0.05, 0.1) is 5.56 Å². The average Bonchev–Trinajstić information content (AvgIpc) is 2.80. The Labute approximate surface area is 96.8 Å². The van der Waals surface area contributed by atoms with Crippen molar-refractivity contribution in [3.63, 3.8) is 0 Å². The zero-order valence-corrected chi connectivity index (χ0v) is 9.19. The van der Waals surface area contributed by atoms with E-state index < -0.39 is 5.97 Å². The van der Waals surface area contributed by atoms with E-state index >= 15 is 0 Å². The molecule has 3 N–H and O–H groups in total. The molecule has 5 heteroatoms. The molecule has 0 fully saturated rings. The average molecular weight is 233 g/mol.